The van der Waals surface area contributed by atoms with Crippen molar-refractivity contribution in [1.82, 2.24) is 10.2 Å². The number of halogens is 1. The van der Waals surface area contributed by atoms with Gasteiger partial charge < -0.3 is 19.7 Å². The molecule has 3 aromatic carbocycles. The first-order chi connectivity index (χ1) is 22.5. The van der Waals surface area contributed by atoms with Gasteiger partial charge in [-0.25, -0.2) is 14.0 Å². The van der Waals surface area contributed by atoms with Crippen LogP contribution in [0, 0.1) is 5.82 Å². The van der Waals surface area contributed by atoms with Gasteiger partial charge in [-0.3, -0.25) is 14.5 Å². The fourth-order valence-corrected chi connectivity index (χ4v) is 7.09. The normalized spacial score (nSPS) is 20.3. The van der Waals surface area contributed by atoms with Gasteiger partial charge in [0.1, 0.15) is 28.5 Å². The van der Waals surface area contributed by atoms with Gasteiger partial charge in [0.2, 0.25) is 0 Å². The summed E-state index contributed by atoms with van der Waals surface area (Å²) in [6.45, 7) is 5.44. The molecule has 0 aliphatic carbocycles. The second-order valence-corrected chi connectivity index (χ2v) is 13.4. The van der Waals surface area contributed by atoms with E-state index in [1.54, 1.807) is 45.0 Å². The molecule has 242 valence electrons. The Hall–Kier alpha value is -4.90. The molecule has 0 radical (unpaired) electrons. The van der Waals surface area contributed by atoms with Gasteiger partial charge in [0, 0.05) is 17.9 Å². The number of hydrogen-bond donors (Lipinski definition) is 1. The van der Waals surface area contributed by atoms with Crippen molar-refractivity contribution in [2.45, 2.75) is 50.3 Å². The van der Waals surface area contributed by atoms with E-state index in [0.717, 1.165) is 11.1 Å². The summed E-state index contributed by atoms with van der Waals surface area (Å²) in [5, 5.41) is 2.04. The summed E-state index contributed by atoms with van der Waals surface area (Å²) in [5.74, 6) is -1.89. The highest BCUT2D eigenvalue weighted by Crippen LogP contribution is 2.43. The van der Waals surface area contributed by atoms with Crippen LogP contribution in [0.5, 0.6) is 0 Å². The lowest BCUT2D eigenvalue weighted by molar-refractivity contribution is -0.153. The highest BCUT2D eigenvalue weighted by molar-refractivity contribution is 8.00. The predicted octanol–water partition coefficient (Wildman–Crippen LogP) is 5.88. The van der Waals surface area contributed by atoms with E-state index in [0.29, 0.717) is 17.6 Å². The van der Waals surface area contributed by atoms with Crippen LogP contribution in [0.15, 0.2) is 108 Å². The number of hydrogen-bond acceptors (Lipinski definition) is 7. The maximum Gasteiger partial charge on any atom is 0.408 e. The Morgan fingerprint density at radius 3 is 2.19 bits per heavy atom. The SMILES string of the molecule is CC(C)(C)OC(=O)N[C@@H]1C(=O)N2C(C(=O)OC(c3ccccc3)c3ccccc3)=C(/C=C3\CCN(c4ccccc4F)C3=O)CS[C@H]12. The first-order valence-corrected chi connectivity index (χ1v) is 16.3. The van der Waals surface area contributed by atoms with Crippen molar-refractivity contribution in [3.8, 4) is 0 Å². The van der Waals surface area contributed by atoms with Crippen LogP contribution in [0.2, 0.25) is 0 Å². The summed E-state index contributed by atoms with van der Waals surface area (Å²) >= 11 is 1.35. The number of esters is 1. The van der Waals surface area contributed by atoms with Gasteiger partial charge in [0.05, 0.1) is 5.69 Å². The molecule has 3 heterocycles. The van der Waals surface area contributed by atoms with Gasteiger partial charge in [-0.15, -0.1) is 11.8 Å². The zero-order valence-electron chi connectivity index (χ0n) is 26.1. The Morgan fingerprint density at radius 1 is 0.957 bits per heavy atom. The Bertz CT molecular complexity index is 1730. The number of β-lactam (4-membered cyclic amide) rings is 1. The lowest BCUT2D eigenvalue weighted by Crippen LogP contribution is -2.70. The van der Waals surface area contributed by atoms with Crippen LogP contribution < -0.4 is 10.2 Å². The first-order valence-electron chi connectivity index (χ1n) is 15.3. The molecule has 47 heavy (non-hydrogen) atoms. The molecule has 3 aromatic rings. The van der Waals surface area contributed by atoms with E-state index in [-0.39, 0.29) is 29.6 Å². The fraction of sp³-hybridized carbons (Fsp3) is 0.278. The summed E-state index contributed by atoms with van der Waals surface area (Å²) in [7, 11) is 0. The Kier molecular flexibility index (Phi) is 8.92. The minimum Gasteiger partial charge on any atom is -0.448 e. The summed E-state index contributed by atoms with van der Waals surface area (Å²) in [6, 6.07) is 23.7. The number of anilines is 1. The number of carbonyl (C=O) groups is 4. The van der Waals surface area contributed by atoms with E-state index in [1.165, 1.54) is 27.6 Å². The number of thioether (sulfide) groups is 1. The average Bonchev–Trinajstić information content (AvgIpc) is 3.41. The number of nitrogens with zero attached hydrogens (tertiary/aromatic N) is 2. The molecule has 0 saturated carbocycles. The molecule has 0 spiro atoms. The molecule has 1 N–H and O–H groups in total. The van der Waals surface area contributed by atoms with E-state index in [1.807, 2.05) is 60.7 Å². The molecule has 9 nitrogen and oxygen atoms in total. The Balaban J connectivity index is 1.35. The molecule has 0 bridgehead atoms. The number of allylic oxidation sites excluding steroid dienone is 1. The maximum atomic E-state index is 14.6. The number of carbonyl (C=O) groups excluding carboxylic acids is 4. The number of nitrogens with one attached hydrogen (secondary N) is 1. The number of ether oxygens (including phenoxy) is 2. The zero-order valence-corrected chi connectivity index (χ0v) is 27.0. The van der Waals surface area contributed by atoms with Crippen LogP contribution in [0.1, 0.15) is 44.4 Å². The van der Waals surface area contributed by atoms with Crippen molar-refractivity contribution >= 4 is 41.3 Å². The average molecular weight is 656 g/mol. The number of para-hydroxylation sites is 1. The largest absolute Gasteiger partial charge is 0.448 e. The van der Waals surface area contributed by atoms with Crippen molar-refractivity contribution in [3.63, 3.8) is 0 Å². The molecule has 6 rings (SSSR count). The Labute approximate surface area is 276 Å². The highest BCUT2D eigenvalue weighted by Gasteiger charge is 2.55. The summed E-state index contributed by atoms with van der Waals surface area (Å²) in [4.78, 5) is 56.6. The molecular weight excluding hydrogens is 621 g/mol. The van der Waals surface area contributed by atoms with Crippen LogP contribution in [-0.4, -0.2) is 58.1 Å². The van der Waals surface area contributed by atoms with Crippen molar-refractivity contribution in [1.29, 1.82) is 0 Å². The molecule has 0 unspecified atom stereocenters. The smallest absolute Gasteiger partial charge is 0.408 e. The van der Waals surface area contributed by atoms with Crippen molar-refractivity contribution in [2.24, 2.45) is 0 Å². The van der Waals surface area contributed by atoms with Crippen LogP contribution in [0.4, 0.5) is 14.9 Å². The molecular formula is C36H34FN3O6S. The van der Waals surface area contributed by atoms with Crippen LogP contribution >= 0.6 is 11.8 Å². The van der Waals surface area contributed by atoms with Crippen molar-refractivity contribution < 1.29 is 33.0 Å². The van der Waals surface area contributed by atoms with Crippen LogP contribution in [0.25, 0.3) is 0 Å². The van der Waals surface area contributed by atoms with Crippen molar-refractivity contribution in [2.75, 3.05) is 17.2 Å². The first kappa shape index (κ1) is 32.1. The number of benzene rings is 3. The molecule has 2 saturated heterocycles. The number of rotatable bonds is 7. The standard InChI is InChI=1S/C36H34FN3O6S/c1-36(2,3)46-35(44)38-28-32(42)40-29(34(43)45-30(22-12-6-4-7-13-22)23-14-8-5-9-15-23)25(21-47-33(28)40)20-24-18-19-39(31(24)41)27-17-11-10-16-26(27)37/h4-17,20,28,30,33H,18-19,21H2,1-3H3,(H,38,44)/b24-20+/t28-,33-/m1/s1. The van der Waals surface area contributed by atoms with Gasteiger partial charge >= 0.3 is 12.1 Å². The second-order valence-electron chi connectivity index (χ2n) is 12.3. The monoisotopic (exact) mass is 655 g/mol. The third-order valence-electron chi connectivity index (χ3n) is 7.91. The van der Waals surface area contributed by atoms with Gasteiger partial charge in [0.25, 0.3) is 11.8 Å². The zero-order chi connectivity index (χ0) is 33.3. The molecule has 3 aliphatic heterocycles. The predicted molar refractivity (Wildman–Crippen MR) is 176 cm³/mol. The lowest BCUT2D eigenvalue weighted by atomic mass is 10.00. The minimum atomic E-state index is -0.921. The number of alkyl carbamates (subject to hydrolysis) is 1. The molecule has 3 aliphatic rings. The molecule has 2 fully saturated rings. The van der Waals surface area contributed by atoms with Crippen molar-refractivity contribution in [3.05, 3.63) is 125 Å². The van der Waals surface area contributed by atoms with Crippen LogP contribution in [-0.2, 0) is 23.9 Å². The minimum absolute atomic E-state index is 0.00231. The quantitative estimate of drug-likeness (QED) is 0.193. The Morgan fingerprint density at radius 2 is 1.57 bits per heavy atom. The number of fused-ring (bicyclic) bond motifs is 1. The molecule has 0 aromatic heterocycles. The third kappa shape index (κ3) is 6.66. The summed E-state index contributed by atoms with van der Waals surface area (Å²) in [6.07, 6.45) is 0.414. The topological polar surface area (TPSA) is 105 Å². The van der Waals surface area contributed by atoms with E-state index in [9.17, 15) is 23.6 Å². The van der Waals surface area contributed by atoms with E-state index in [2.05, 4.69) is 5.32 Å². The van der Waals surface area contributed by atoms with Gasteiger partial charge in [-0.1, -0.05) is 72.8 Å². The van der Waals surface area contributed by atoms with E-state index < -0.39 is 46.9 Å². The summed E-state index contributed by atoms with van der Waals surface area (Å²) < 4.78 is 26.1. The molecule has 2 atom stereocenters. The van der Waals surface area contributed by atoms with Gasteiger partial charge in [-0.2, -0.15) is 0 Å². The van der Waals surface area contributed by atoms with Gasteiger partial charge in [-0.05, 0) is 62.1 Å². The van der Waals surface area contributed by atoms with Crippen LogP contribution in [0.3, 0.4) is 0 Å². The third-order valence-corrected chi connectivity index (χ3v) is 9.21. The maximum absolute atomic E-state index is 14.6. The molecule has 3 amide bonds. The van der Waals surface area contributed by atoms with E-state index >= 15 is 0 Å². The highest BCUT2D eigenvalue weighted by atomic mass is 32.2. The second kappa shape index (κ2) is 13.1. The number of amides is 3. The summed E-state index contributed by atoms with van der Waals surface area (Å²) in [5.41, 5.74) is 1.70. The molecule has 11 heteroatoms. The van der Waals surface area contributed by atoms with Gasteiger partial charge in [0.15, 0.2) is 6.10 Å². The van der Waals surface area contributed by atoms with E-state index in [4.69, 9.17) is 9.47 Å². The lowest BCUT2D eigenvalue weighted by Gasteiger charge is -2.49. The fourth-order valence-electron chi connectivity index (χ4n) is 5.78.